The van der Waals surface area contributed by atoms with Crippen LogP contribution in [0.25, 0.3) is 11.0 Å². The molecule has 0 unspecified atom stereocenters. The Bertz CT molecular complexity index is 1010. The van der Waals surface area contributed by atoms with Gasteiger partial charge in [0.15, 0.2) is 0 Å². The molecule has 2 aromatic carbocycles. The lowest BCUT2D eigenvalue weighted by Crippen LogP contribution is -2.15. The highest BCUT2D eigenvalue weighted by Gasteiger charge is 2.23. The Morgan fingerprint density at radius 1 is 1.04 bits per heavy atom. The number of benzene rings is 2. The molecule has 0 aliphatic rings. The predicted molar refractivity (Wildman–Crippen MR) is 98.8 cm³/mol. The maximum atomic E-state index is 12.9. The highest BCUT2D eigenvalue weighted by Crippen LogP contribution is 2.37. The number of para-hydroxylation sites is 1. The number of ether oxygens (including phenoxy) is 1. The van der Waals surface area contributed by atoms with E-state index in [1.165, 1.54) is 12.1 Å². The summed E-state index contributed by atoms with van der Waals surface area (Å²) in [7, 11) is 0. The number of phenols is 1. The first-order valence-corrected chi connectivity index (χ1v) is 8.23. The van der Waals surface area contributed by atoms with Crippen molar-refractivity contribution in [1.29, 1.82) is 0 Å². The van der Waals surface area contributed by atoms with Crippen LogP contribution in [0.1, 0.15) is 37.7 Å². The zero-order valence-corrected chi connectivity index (χ0v) is 15.1. The molecule has 4 heteroatoms. The molecule has 0 aliphatic carbocycles. The third-order valence-corrected chi connectivity index (χ3v) is 4.22. The summed E-state index contributed by atoms with van der Waals surface area (Å²) in [5.74, 6) is 1.30. The molecule has 0 spiro atoms. The van der Waals surface area contributed by atoms with Crippen molar-refractivity contribution >= 4 is 11.0 Å². The van der Waals surface area contributed by atoms with Gasteiger partial charge in [-0.05, 0) is 37.0 Å². The van der Waals surface area contributed by atoms with Crippen molar-refractivity contribution in [3.8, 4) is 17.2 Å². The zero-order valence-electron chi connectivity index (χ0n) is 15.1. The summed E-state index contributed by atoms with van der Waals surface area (Å²) in [4.78, 5) is 12.9. The smallest absolute Gasteiger partial charge is 0.235 e. The van der Waals surface area contributed by atoms with Gasteiger partial charge in [0.2, 0.25) is 11.2 Å². The van der Waals surface area contributed by atoms with E-state index in [-0.39, 0.29) is 22.3 Å². The second-order valence-electron chi connectivity index (χ2n) is 7.30. The molecular formula is C21H22O4. The summed E-state index contributed by atoms with van der Waals surface area (Å²) < 4.78 is 11.8. The van der Waals surface area contributed by atoms with Gasteiger partial charge < -0.3 is 14.3 Å². The van der Waals surface area contributed by atoms with Crippen molar-refractivity contribution in [3.05, 3.63) is 63.5 Å². The Hall–Kier alpha value is -2.75. The van der Waals surface area contributed by atoms with Crippen molar-refractivity contribution in [2.45, 2.75) is 40.0 Å². The Morgan fingerprint density at radius 2 is 1.76 bits per heavy atom. The molecule has 1 heterocycles. The van der Waals surface area contributed by atoms with E-state index in [0.717, 1.165) is 11.1 Å². The monoisotopic (exact) mass is 338 g/mol. The normalized spacial score (nSPS) is 11.7. The first-order chi connectivity index (χ1) is 11.7. The van der Waals surface area contributed by atoms with Crippen LogP contribution in [0.2, 0.25) is 0 Å². The molecule has 0 fully saturated rings. The van der Waals surface area contributed by atoms with Crippen LogP contribution in [0.3, 0.4) is 0 Å². The standard InChI is InChI=1S/C21H22O4/c1-12-7-6-8-16(21(3,4)5)19(12)25-20-13(2)24-17-11-14(22)9-10-15(17)18(20)23/h6-11,22H,1-5H3. The lowest BCUT2D eigenvalue weighted by Gasteiger charge is -2.24. The maximum absolute atomic E-state index is 12.9. The number of rotatable bonds is 2. The average molecular weight is 338 g/mol. The van der Waals surface area contributed by atoms with Crippen molar-refractivity contribution in [3.63, 3.8) is 0 Å². The van der Waals surface area contributed by atoms with Crippen molar-refractivity contribution < 1.29 is 14.3 Å². The Kier molecular flexibility index (Phi) is 4.07. The van der Waals surface area contributed by atoms with Crippen LogP contribution in [0.5, 0.6) is 17.2 Å². The van der Waals surface area contributed by atoms with Gasteiger partial charge >= 0.3 is 0 Å². The van der Waals surface area contributed by atoms with Gasteiger partial charge in [-0.25, -0.2) is 0 Å². The summed E-state index contributed by atoms with van der Waals surface area (Å²) >= 11 is 0. The summed E-state index contributed by atoms with van der Waals surface area (Å²) in [6.45, 7) is 9.96. The fourth-order valence-corrected chi connectivity index (χ4v) is 2.88. The molecule has 0 saturated heterocycles. The number of phenolic OH excluding ortho intramolecular Hbond substituents is 1. The molecule has 3 rings (SSSR count). The average Bonchev–Trinajstić information content (AvgIpc) is 2.51. The number of aryl methyl sites for hydroxylation is 2. The molecule has 130 valence electrons. The summed E-state index contributed by atoms with van der Waals surface area (Å²) in [5.41, 5.74) is 1.95. The first kappa shape index (κ1) is 17.1. The second kappa shape index (κ2) is 5.96. The van der Waals surface area contributed by atoms with Crippen LogP contribution in [-0.2, 0) is 5.41 Å². The third-order valence-electron chi connectivity index (χ3n) is 4.22. The SMILES string of the molecule is Cc1cccc(C(C)(C)C)c1Oc1c(C)oc2cc(O)ccc2c1=O. The van der Waals surface area contributed by atoms with E-state index in [4.69, 9.17) is 9.15 Å². The van der Waals surface area contributed by atoms with Gasteiger partial charge in [-0.2, -0.15) is 0 Å². The molecule has 3 aromatic rings. The molecule has 1 aromatic heterocycles. The summed E-state index contributed by atoms with van der Waals surface area (Å²) in [6, 6.07) is 10.4. The van der Waals surface area contributed by atoms with Gasteiger partial charge in [0.05, 0.1) is 5.39 Å². The van der Waals surface area contributed by atoms with Crippen molar-refractivity contribution in [2.75, 3.05) is 0 Å². The summed E-state index contributed by atoms with van der Waals surface area (Å²) in [6.07, 6.45) is 0. The van der Waals surface area contributed by atoms with E-state index in [9.17, 15) is 9.90 Å². The third kappa shape index (κ3) is 3.12. The molecule has 0 radical (unpaired) electrons. The van der Waals surface area contributed by atoms with Crippen LogP contribution in [-0.4, -0.2) is 5.11 Å². The van der Waals surface area contributed by atoms with E-state index < -0.39 is 0 Å². The van der Waals surface area contributed by atoms with E-state index in [0.29, 0.717) is 22.5 Å². The van der Waals surface area contributed by atoms with E-state index >= 15 is 0 Å². The fourth-order valence-electron chi connectivity index (χ4n) is 2.88. The minimum atomic E-state index is -0.248. The minimum Gasteiger partial charge on any atom is -0.508 e. The van der Waals surface area contributed by atoms with Crippen LogP contribution in [0.15, 0.2) is 45.6 Å². The van der Waals surface area contributed by atoms with Gasteiger partial charge in [-0.15, -0.1) is 0 Å². The molecule has 25 heavy (non-hydrogen) atoms. The highest BCUT2D eigenvalue weighted by molar-refractivity contribution is 5.79. The summed E-state index contributed by atoms with van der Waals surface area (Å²) in [5, 5.41) is 9.96. The predicted octanol–water partition coefficient (Wildman–Crippen LogP) is 5.21. The van der Waals surface area contributed by atoms with Crippen molar-refractivity contribution in [1.82, 2.24) is 0 Å². The van der Waals surface area contributed by atoms with Crippen LogP contribution in [0.4, 0.5) is 0 Å². The lowest BCUT2D eigenvalue weighted by atomic mass is 9.85. The van der Waals surface area contributed by atoms with Gasteiger partial charge in [0.1, 0.15) is 22.8 Å². The van der Waals surface area contributed by atoms with Crippen LogP contribution >= 0.6 is 0 Å². The molecule has 0 bridgehead atoms. The molecule has 0 saturated carbocycles. The van der Waals surface area contributed by atoms with E-state index in [2.05, 4.69) is 20.8 Å². The number of fused-ring (bicyclic) bond motifs is 1. The van der Waals surface area contributed by atoms with Gasteiger partial charge in [-0.3, -0.25) is 4.79 Å². The molecule has 0 atom stereocenters. The molecule has 4 nitrogen and oxygen atoms in total. The molecular weight excluding hydrogens is 316 g/mol. The number of aromatic hydroxyl groups is 1. The minimum absolute atomic E-state index is 0.0534. The van der Waals surface area contributed by atoms with E-state index in [1.807, 2.05) is 25.1 Å². The topological polar surface area (TPSA) is 59.7 Å². The van der Waals surface area contributed by atoms with Crippen molar-refractivity contribution in [2.24, 2.45) is 0 Å². The lowest BCUT2D eigenvalue weighted by molar-refractivity contribution is 0.418. The second-order valence-corrected chi connectivity index (χ2v) is 7.30. The molecule has 0 aliphatic heterocycles. The Morgan fingerprint density at radius 3 is 2.44 bits per heavy atom. The maximum Gasteiger partial charge on any atom is 0.235 e. The number of hydrogen-bond acceptors (Lipinski definition) is 4. The quantitative estimate of drug-likeness (QED) is 0.697. The number of hydrogen-bond donors (Lipinski definition) is 1. The molecule has 0 amide bonds. The first-order valence-electron chi connectivity index (χ1n) is 8.23. The Balaban J connectivity index is 2.20. The van der Waals surface area contributed by atoms with Gasteiger partial charge in [-0.1, -0.05) is 39.0 Å². The van der Waals surface area contributed by atoms with Gasteiger partial charge in [0.25, 0.3) is 0 Å². The molecule has 1 N–H and O–H groups in total. The highest BCUT2D eigenvalue weighted by atomic mass is 16.5. The largest absolute Gasteiger partial charge is 0.508 e. The fraction of sp³-hybridized carbons (Fsp3) is 0.286. The Labute approximate surface area is 146 Å². The van der Waals surface area contributed by atoms with Gasteiger partial charge in [0, 0.05) is 11.6 Å². The zero-order chi connectivity index (χ0) is 18.4. The van der Waals surface area contributed by atoms with Crippen LogP contribution in [0, 0.1) is 13.8 Å². The van der Waals surface area contributed by atoms with Crippen LogP contribution < -0.4 is 10.2 Å². The van der Waals surface area contributed by atoms with E-state index in [1.54, 1.807) is 13.0 Å².